The largest absolute Gasteiger partial charge is 0.361 e. The zero-order chi connectivity index (χ0) is 15.1. The van der Waals surface area contributed by atoms with Gasteiger partial charge >= 0.3 is 0 Å². The van der Waals surface area contributed by atoms with E-state index >= 15 is 0 Å². The maximum Gasteiger partial charge on any atom is 0.123 e. The number of halogens is 1. The van der Waals surface area contributed by atoms with Gasteiger partial charge in [0.2, 0.25) is 0 Å². The average Bonchev–Trinajstić information content (AvgIpc) is 2.95. The fourth-order valence-corrected chi connectivity index (χ4v) is 4.28. The van der Waals surface area contributed by atoms with Gasteiger partial charge in [0.25, 0.3) is 0 Å². The quantitative estimate of drug-likeness (QED) is 0.841. The van der Waals surface area contributed by atoms with Crippen molar-refractivity contribution in [2.24, 2.45) is 11.8 Å². The van der Waals surface area contributed by atoms with Crippen LogP contribution in [0.2, 0.25) is 0 Å². The third-order valence-electron chi connectivity index (χ3n) is 5.48. The molecule has 0 spiro atoms. The lowest BCUT2D eigenvalue weighted by atomic mass is 9.76. The average molecular weight is 298 g/mol. The fourth-order valence-electron chi connectivity index (χ4n) is 4.28. The van der Waals surface area contributed by atoms with Gasteiger partial charge in [0.05, 0.1) is 0 Å². The molecule has 3 heterocycles. The molecule has 2 aliphatic heterocycles. The van der Waals surface area contributed by atoms with Gasteiger partial charge < -0.3 is 4.98 Å². The summed E-state index contributed by atoms with van der Waals surface area (Å²) < 4.78 is 13.5. The summed E-state index contributed by atoms with van der Waals surface area (Å²) in [5.74, 6) is 1.39. The van der Waals surface area contributed by atoms with E-state index in [0.717, 1.165) is 35.7 Å². The smallest absolute Gasteiger partial charge is 0.123 e. The molecule has 3 aliphatic rings. The van der Waals surface area contributed by atoms with E-state index in [2.05, 4.69) is 29.0 Å². The minimum absolute atomic E-state index is 0.153. The number of rotatable bonds is 4. The van der Waals surface area contributed by atoms with Gasteiger partial charge in [-0.05, 0) is 48.4 Å². The van der Waals surface area contributed by atoms with E-state index in [-0.39, 0.29) is 5.82 Å². The lowest BCUT2D eigenvalue weighted by Gasteiger charge is -2.46. The molecular formula is C19H23FN2. The normalized spacial score (nSPS) is 27.8. The molecule has 0 saturated carbocycles. The first-order chi connectivity index (χ1) is 10.7. The minimum Gasteiger partial charge on any atom is -0.361 e. The Morgan fingerprint density at radius 2 is 2.23 bits per heavy atom. The number of hydrogen-bond acceptors (Lipinski definition) is 1. The van der Waals surface area contributed by atoms with Gasteiger partial charge in [0, 0.05) is 36.2 Å². The lowest BCUT2D eigenvalue weighted by Crippen LogP contribution is -2.50. The summed E-state index contributed by atoms with van der Waals surface area (Å²) in [6.07, 6.45) is 10.5. The van der Waals surface area contributed by atoms with Crippen molar-refractivity contribution in [2.45, 2.75) is 32.2 Å². The Morgan fingerprint density at radius 3 is 3.05 bits per heavy atom. The predicted molar refractivity (Wildman–Crippen MR) is 88.3 cm³/mol. The monoisotopic (exact) mass is 298 g/mol. The van der Waals surface area contributed by atoms with Gasteiger partial charge in [-0.1, -0.05) is 25.5 Å². The fraction of sp³-hybridized carbons (Fsp3) is 0.474. The molecule has 0 radical (unpaired) electrons. The maximum absolute atomic E-state index is 13.5. The first kappa shape index (κ1) is 14.0. The van der Waals surface area contributed by atoms with Crippen molar-refractivity contribution in [1.29, 1.82) is 0 Å². The van der Waals surface area contributed by atoms with Crippen LogP contribution in [0.5, 0.6) is 0 Å². The van der Waals surface area contributed by atoms with E-state index in [1.807, 2.05) is 12.3 Å². The second-order valence-corrected chi connectivity index (χ2v) is 6.79. The second-order valence-electron chi connectivity index (χ2n) is 6.79. The van der Waals surface area contributed by atoms with E-state index in [1.165, 1.54) is 31.0 Å². The molecule has 3 atom stereocenters. The van der Waals surface area contributed by atoms with Crippen LogP contribution in [0.25, 0.3) is 10.9 Å². The van der Waals surface area contributed by atoms with Crippen molar-refractivity contribution in [3.05, 3.63) is 47.9 Å². The molecule has 22 heavy (non-hydrogen) atoms. The first-order valence-corrected chi connectivity index (χ1v) is 8.42. The van der Waals surface area contributed by atoms with Crippen LogP contribution in [0.15, 0.2) is 36.5 Å². The van der Waals surface area contributed by atoms with Gasteiger partial charge in [-0.2, -0.15) is 0 Å². The maximum atomic E-state index is 13.5. The number of aromatic amines is 1. The summed E-state index contributed by atoms with van der Waals surface area (Å²) in [4.78, 5) is 5.88. The topological polar surface area (TPSA) is 19.0 Å². The standard InChI is InChI=1S/C19H23FN2/c1-2-14-9-13-3-6-19(14)22(12-13)8-7-15-11-21-18-5-4-16(20)10-17(15)18/h3-6,10-11,13-14,19,21H,2,7-9,12H2,1H3/t13-,14+,19+/m0/s1. The number of aromatic nitrogens is 1. The molecule has 1 aliphatic carbocycles. The van der Waals surface area contributed by atoms with Crippen LogP contribution < -0.4 is 0 Å². The molecular weight excluding hydrogens is 275 g/mol. The Bertz CT molecular complexity index is 703. The summed E-state index contributed by atoms with van der Waals surface area (Å²) in [6.45, 7) is 4.56. The lowest BCUT2D eigenvalue weighted by molar-refractivity contribution is 0.0826. The highest BCUT2D eigenvalue weighted by Gasteiger charge is 2.35. The number of benzene rings is 1. The van der Waals surface area contributed by atoms with E-state index in [1.54, 1.807) is 6.07 Å². The highest BCUT2D eigenvalue weighted by Crippen LogP contribution is 2.36. The first-order valence-electron chi connectivity index (χ1n) is 8.42. The van der Waals surface area contributed by atoms with Crippen molar-refractivity contribution in [1.82, 2.24) is 9.88 Å². The number of hydrogen-bond donors (Lipinski definition) is 1. The molecule has 1 fully saturated rings. The number of H-pyrrole nitrogens is 1. The SMILES string of the molecule is CC[C@@H]1C[C@@H]2C=C[C@H]1N(CCc1c[nH]c3ccc(F)cc13)C2. The van der Waals surface area contributed by atoms with Crippen LogP contribution >= 0.6 is 0 Å². The number of piperidine rings is 1. The van der Waals surface area contributed by atoms with E-state index in [4.69, 9.17) is 0 Å². The molecule has 0 unspecified atom stereocenters. The van der Waals surface area contributed by atoms with Crippen molar-refractivity contribution in [3.63, 3.8) is 0 Å². The molecule has 2 bridgehead atoms. The van der Waals surface area contributed by atoms with E-state index < -0.39 is 0 Å². The molecule has 116 valence electrons. The van der Waals surface area contributed by atoms with E-state index in [9.17, 15) is 4.39 Å². The van der Waals surface area contributed by atoms with Gasteiger partial charge in [-0.3, -0.25) is 4.90 Å². The number of nitrogens with zero attached hydrogens (tertiary/aromatic N) is 1. The Balaban J connectivity index is 1.50. The van der Waals surface area contributed by atoms with Gasteiger partial charge in [0.15, 0.2) is 0 Å². The third-order valence-corrected chi connectivity index (χ3v) is 5.48. The van der Waals surface area contributed by atoms with E-state index in [0.29, 0.717) is 6.04 Å². The molecule has 3 heteroatoms. The molecule has 1 aromatic heterocycles. The summed E-state index contributed by atoms with van der Waals surface area (Å²) in [7, 11) is 0. The number of nitrogens with one attached hydrogen (secondary N) is 1. The Morgan fingerprint density at radius 1 is 1.32 bits per heavy atom. The Kier molecular flexibility index (Phi) is 3.53. The molecule has 1 aromatic carbocycles. The van der Waals surface area contributed by atoms with Crippen LogP contribution in [0.4, 0.5) is 4.39 Å². The van der Waals surface area contributed by atoms with Crippen molar-refractivity contribution in [3.8, 4) is 0 Å². The van der Waals surface area contributed by atoms with Gasteiger partial charge in [-0.15, -0.1) is 0 Å². The van der Waals surface area contributed by atoms with Crippen LogP contribution in [0.3, 0.4) is 0 Å². The van der Waals surface area contributed by atoms with Crippen molar-refractivity contribution in [2.75, 3.05) is 13.1 Å². The minimum atomic E-state index is -0.153. The second kappa shape index (κ2) is 5.54. The number of fused-ring (bicyclic) bond motifs is 3. The van der Waals surface area contributed by atoms with Gasteiger partial charge in [-0.25, -0.2) is 4.39 Å². The molecule has 1 N–H and O–H groups in total. The summed E-state index contributed by atoms with van der Waals surface area (Å²) in [5, 5.41) is 1.03. The van der Waals surface area contributed by atoms with Crippen LogP contribution in [-0.2, 0) is 6.42 Å². The molecule has 1 saturated heterocycles. The highest BCUT2D eigenvalue weighted by molar-refractivity contribution is 5.83. The van der Waals surface area contributed by atoms with Crippen LogP contribution in [-0.4, -0.2) is 29.0 Å². The summed E-state index contributed by atoms with van der Waals surface area (Å²) in [5.41, 5.74) is 2.26. The van der Waals surface area contributed by atoms with Crippen LogP contribution in [0.1, 0.15) is 25.3 Å². The highest BCUT2D eigenvalue weighted by atomic mass is 19.1. The van der Waals surface area contributed by atoms with Crippen molar-refractivity contribution >= 4 is 10.9 Å². The molecule has 5 rings (SSSR count). The summed E-state index contributed by atoms with van der Waals surface area (Å²) >= 11 is 0. The molecule has 2 nitrogen and oxygen atoms in total. The third kappa shape index (κ3) is 2.38. The van der Waals surface area contributed by atoms with Crippen molar-refractivity contribution < 1.29 is 4.39 Å². The summed E-state index contributed by atoms with van der Waals surface area (Å²) in [6, 6.07) is 5.60. The Labute approximate surface area is 131 Å². The Hall–Kier alpha value is -1.61. The molecule has 2 aromatic rings. The van der Waals surface area contributed by atoms with Gasteiger partial charge in [0.1, 0.15) is 5.82 Å². The predicted octanol–water partition coefficient (Wildman–Crippen LogP) is 4.14. The molecule has 0 amide bonds. The van der Waals surface area contributed by atoms with Crippen LogP contribution in [0, 0.1) is 17.7 Å². The zero-order valence-electron chi connectivity index (χ0n) is 13.1. The zero-order valence-corrected chi connectivity index (χ0v) is 13.1.